The predicted octanol–water partition coefficient (Wildman–Crippen LogP) is 0.838. The Kier molecular flexibility index (Phi) is 5.44. The van der Waals surface area contributed by atoms with E-state index in [4.69, 9.17) is 9.84 Å². The minimum atomic E-state index is -1.08. The first-order chi connectivity index (χ1) is 7.21. The smallest absolute Gasteiger partial charge is 0.316 e. The molecule has 5 nitrogen and oxygen atoms in total. The fourth-order valence-electron chi connectivity index (χ4n) is 1.41. The van der Waals surface area contributed by atoms with Crippen molar-refractivity contribution in [3.05, 3.63) is 0 Å². The highest BCUT2D eigenvalue weighted by Crippen LogP contribution is 2.27. The van der Waals surface area contributed by atoms with Crippen LogP contribution in [0.15, 0.2) is 0 Å². The number of amides is 1. The van der Waals surface area contributed by atoms with Crippen LogP contribution in [0.4, 0.5) is 0 Å². The SMILES string of the molecule is COCCN(C)C(=O)C(C(=O)O)C(C)(C)C. The Hall–Kier alpha value is -1.10. The fourth-order valence-corrected chi connectivity index (χ4v) is 1.41. The Morgan fingerprint density at radius 2 is 1.88 bits per heavy atom. The maximum atomic E-state index is 11.9. The lowest BCUT2D eigenvalue weighted by atomic mass is 9.80. The summed E-state index contributed by atoms with van der Waals surface area (Å²) in [5.74, 6) is -2.48. The van der Waals surface area contributed by atoms with Gasteiger partial charge in [-0.15, -0.1) is 0 Å². The lowest BCUT2D eigenvalue weighted by Crippen LogP contribution is -2.44. The predicted molar refractivity (Wildman–Crippen MR) is 60.1 cm³/mol. The van der Waals surface area contributed by atoms with Crippen LogP contribution in [0, 0.1) is 11.3 Å². The van der Waals surface area contributed by atoms with Crippen LogP contribution in [0.5, 0.6) is 0 Å². The zero-order chi connectivity index (χ0) is 12.9. The van der Waals surface area contributed by atoms with Crippen LogP contribution in [0.3, 0.4) is 0 Å². The van der Waals surface area contributed by atoms with Gasteiger partial charge in [-0.2, -0.15) is 0 Å². The number of carboxylic acids is 1. The topological polar surface area (TPSA) is 66.8 Å². The normalized spacial score (nSPS) is 13.3. The van der Waals surface area contributed by atoms with Crippen LogP contribution in [-0.2, 0) is 14.3 Å². The van der Waals surface area contributed by atoms with Gasteiger partial charge in [0.1, 0.15) is 5.92 Å². The first-order valence-corrected chi connectivity index (χ1v) is 5.18. The number of ether oxygens (including phenoxy) is 1. The third-order valence-electron chi connectivity index (χ3n) is 2.37. The summed E-state index contributed by atoms with van der Waals surface area (Å²) in [5, 5.41) is 9.07. The van der Waals surface area contributed by atoms with E-state index in [2.05, 4.69) is 0 Å². The van der Waals surface area contributed by atoms with Crippen molar-refractivity contribution >= 4 is 11.9 Å². The number of carboxylic acid groups (broad SMARTS) is 1. The molecule has 0 spiro atoms. The van der Waals surface area contributed by atoms with Gasteiger partial charge in [0, 0.05) is 20.7 Å². The molecule has 0 aromatic heterocycles. The van der Waals surface area contributed by atoms with Crippen molar-refractivity contribution in [2.75, 3.05) is 27.3 Å². The van der Waals surface area contributed by atoms with E-state index in [0.29, 0.717) is 13.2 Å². The molecule has 1 atom stereocenters. The molecule has 0 saturated heterocycles. The van der Waals surface area contributed by atoms with Gasteiger partial charge < -0.3 is 14.7 Å². The van der Waals surface area contributed by atoms with Gasteiger partial charge in [-0.25, -0.2) is 0 Å². The summed E-state index contributed by atoms with van der Waals surface area (Å²) >= 11 is 0. The fraction of sp³-hybridized carbons (Fsp3) is 0.818. The van der Waals surface area contributed by atoms with E-state index in [1.165, 1.54) is 12.0 Å². The van der Waals surface area contributed by atoms with E-state index in [1.807, 2.05) is 0 Å². The zero-order valence-corrected chi connectivity index (χ0v) is 10.6. The molecule has 0 radical (unpaired) electrons. The largest absolute Gasteiger partial charge is 0.481 e. The molecule has 16 heavy (non-hydrogen) atoms. The molecule has 1 N–H and O–H groups in total. The van der Waals surface area contributed by atoms with Gasteiger partial charge in [0.2, 0.25) is 5.91 Å². The second-order valence-corrected chi connectivity index (χ2v) is 4.89. The highest BCUT2D eigenvalue weighted by Gasteiger charge is 2.39. The summed E-state index contributed by atoms with van der Waals surface area (Å²) in [6, 6.07) is 0. The van der Waals surface area contributed by atoms with Crippen molar-refractivity contribution in [2.45, 2.75) is 20.8 Å². The Morgan fingerprint density at radius 3 is 2.19 bits per heavy atom. The van der Waals surface area contributed by atoms with Crippen molar-refractivity contribution in [1.29, 1.82) is 0 Å². The summed E-state index contributed by atoms with van der Waals surface area (Å²) < 4.78 is 4.85. The molecule has 5 heteroatoms. The van der Waals surface area contributed by atoms with Gasteiger partial charge in [-0.1, -0.05) is 20.8 Å². The van der Waals surface area contributed by atoms with Crippen LogP contribution in [0.25, 0.3) is 0 Å². The first kappa shape index (κ1) is 14.9. The molecule has 0 fully saturated rings. The molecular weight excluding hydrogens is 210 g/mol. The van der Waals surface area contributed by atoms with Gasteiger partial charge in [0.25, 0.3) is 0 Å². The van der Waals surface area contributed by atoms with E-state index in [9.17, 15) is 9.59 Å². The average molecular weight is 231 g/mol. The van der Waals surface area contributed by atoms with E-state index < -0.39 is 17.3 Å². The van der Waals surface area contributed by atoms with Gasteiger partial charge in [-0.05, 0) is 5.41 Å². The molecule has 94 valence electrons. The van der Waals surface area contributed by atoms with Crippen LogP contribution < -0.4 is 0 Å². The molecule has 0 aromatic carbocycles. The molecule has 0 aliphatic rings. The number of carbonyl (C=O) groups excluding carboxylic acids is 1. The van der Waals surface area contributed by atoms with E-state index in [-0.39, 0.29) is 5.91 Å². The van der Waals surface area contributed by atoms with Crippen LogP contribution >= 0.6 is 0 Å². The lowest BCUT2D eigenvalue weighted by molar-refractivity contribution is -0.155. The third-order valence-corrected chi connectivity index (χ3v) is 2.37. The molecule has 0 aliphatic carbocycles. The summed E-state index contributed by atoms with van der Waals surface area (Å²) in [6.45, 7) is 6.03. The summed E-state index contributed by atoms with van der Waals surface area (Å²) in [5.41, 5.74) is -0.593. The van der Waals surface area contributed by atoms with Gasteiger partial charge in [0.15, 0.2) is 0 Å². The standard InChI is InChI=1S/C11H21NO4/c1-11(2,3)8(10(14)15)9(13)12(4)6-7-16-5/h8H,6-7H2,1-5H3,(H,14,15). The second-order valence-electron chi connectivity index (χ2n) is 4.89. The van der Waals surface area contributed by atoms with Crippen molar-refractivity contribution in [1.82, 2.24) is 4.90 Å². The quantitative estimate of drug-likeness (QED) is 0.712. The molecule has 0 aromatic rings. The maximum absolute atomic E-state index is 11.9. The Labute approximate surface area is 96.4 Å². The summed E-state index contributed by atoms with van der Waals surface area (Å²) in [6.07, 6.45) is 0. The molecule has 0 heterocycles. The number of rotatable bonds is 5. The molecule has 0 rings (SSSR count). The molecule has 1 unspecified atom stereocenters. The third kappa shape index (κ3) is 4.18. The van der Waals surface area contributed by atoms with Gasteiger partial charge >= 0.3 is 5.97 Å². The number of carbonyl (C=O) groups is 2. The average Bonchev–Trinajstić information content (AvgIpc) is 2.10. The summed E-state index contributed by atoms with van der Waals surface area (Å²) in [7, 11) is 3.12. The second kappa shape index (κ2) is 5.84. The van der Waals surface area contributed by atoms with E-state index in [0.717, 1.165) is 0 Å². The Bertz CT molecular complexity index is 257. The molecule has 0 aliphatic heterocycles. The molecule has 0 saturated carbocycles. The Balaban J connectivity index is 4.70. The minimum Gasteiger partial charge on any atom is -0.481 e. The van der Waals surface area contributed by atoms with Crippen LogP contribution in [-0.4, -0.2) is 49.2 Å². The monoisotopic (exact) mass is 231 g/mol. The number of hydrogen-bond donors (Lipinski definition) is 1. The first-order valence-electron chi connectivity index (χ1n) is 5.18. The van der Waals surface area contributed by atoms with Crippen molar-refractivity contribution < 1.29 is 19.4 Å². The molecule has 1 amide bonds. The molecular formula is C11H21NO4. The highest BCUT2D eigenvalue weighted by atomic mass is 16.5. The molecule has 0 bridgehead atoms. The highest BCUT2D eigenvalue weighted by molar-refractivity contribution is 5.97. The van der Waals surface area contributed by atoms with Gasteiger partial charge in [0.05, 0.1) is 6.61 Å². The number of methoxy groups -OCH3 is 1. The van der Waals surface area contributed by atoms with E-state index in [1.54, 1.807) is 27.8 Å². The number of likely N-dealkylation sites (N-methyl/N-ethyl adjacent to an activating group) is 1. The lowest BCUT2D eigenvalue weighted by Gasteiger charge is -2.29. The number of hydrogen-bond acceptors (Lipinski definition) is 3. The Morgan fingerprint density at radius 1 is 1.38 bits per heavy atom. The minimum absolute atomic E-state index is 0.378. The zero-order valence-electron chi connectivity index (χ0n) is 10.6. The van der Waals surface area contributed by atoms with Crippen LogP contribution in [0.1, 0.15) is 20.8 Å². The van der Waals surface area contributed by atoms with E-state index >= 15 is 0 Å². The van der Waals surface area contributed by atoms with Gasteiger partial charge in [-0.3, -0.25) is 9.59 Å². The van der Waals surface area contributed by atoms with Crippen molar-refractivity contribution in [3.63, 3.8) is 0 Å². The van der Waals surface area contributed by atoms with Crippen molar-refractivity contribution in [3.8, 4) is 0 Å². The number of aliphatic carboxylic acids is 1. The van der Waals surface area contributed by atoms with Crippen molar-refractivity contribution in [2.24, 2.45) is 11.3 Å². The number of nitrogens with zero attached hydrogens (tertiary/aromatic N) is 1. The summed E-state index contributed by atoms with van der Waals surface area (Å²) in [4.78, 5) is 24.4. The maximum Gasteiger partial charge on any atom is 0.316 e. The van der Waals surface area contributed by atoms with Crippen LogP contribution in [0.2, 0.25) is 0 Å².